The molecule has 5 rings (SSSR count). The molecule has 0 saturated carbocycles. The number of halogens is 2. The SMILES string of the molecule is CN(C)CC(O)Cn1cc(C2=C(c3c[nH]c4ccc(Br)cc34)C(=O)NC2=O)c2cc(Br)ccc21. The van der Waals surface area contributed by atoms with Gasteiger partial charge in [-0.25, -0.2) is 0 Å². The molecule has 3 heterocycles. The van der Waals surface area contributed by atoms with Crippen LogP contribution < -0.4 is 5.32 Å². The molecule has 0 saturated heterocycles. The third kappa shape index (κ3) is 4.02. The Morgan fingerprint density at radius 1 is 0.971 bits per heavy atom. The third-order valence-electron chi connectivity index (χ3n) is 5.94. The average molecular weight is 586 g/mol. The van der Waals surface area contributed by atoms with E-state index in [1.54, 1.807) is 6.20 Å². The van der Waals surface area contributed by atoms with Crippen LogP contribution in [0.15, 0.2) is 57.7 Å². The van der Waals surface area contributed by atoms with Gasteiger partial charge in [-0.15, -0.1) is 0 Å². The van der Waals surface area contributed by atoms with Crippen molar-refractivity contribution in [2.45, 2.75) is 12.6 Å². The van der Waals surface area contributed by atoms with E-state index in [0.717, 1.165) is 30.8 Å². The molecule has 0 radical (unpaired) electrons. The van der Waals surface area contributed by atoms with E-state index in [2.05, 4.69) is 42.2 Å². The Balaban J connectivity index is 1.74. The zero-order chi connectivity index (χ0) is 24.1. The predicted octanol–water partition coefficient (Wildman–Crippen LogP) is 4.14. The van der Waals surface area contributed by atoms with Crippen LogP contribution in [0.1, 0.15) is 11.1 Å². The summed E-state index contributed by atoms with van der Waals surface area (Å²) < 4.78 is 3.68. The lowest BCUT2D eigenvalue weighted by Crippen LogP contribution is -2.29. The molecule has 1 aliphatic heterocycles. The van der Waals surface area contributed by atoms with Gasteiger partial charge in [0.2, 0.25) is 0 Å². The summed E-state index contributed by atoms with van der Waals surface area (Å²) in [6.07, 6.45) is 3.02. The number of imide groups is 1. The molecule has 2 aromatic carbocycles. The maximum Gasteiger partial charge on any atom is 0.259 e. The van der Waals surface area contributed by atoms with Gasteiger partial charge in [-0.3, -0.25) is 14.9 Å². The van der Waals surface area contributed by atoms with E-state index in [0.29, 0.717) is 35.4 Å². The van der Waals surface area contributed by atoms with Crippen LogP contribution >= 0.6 is 31.9 Å². The maximum absolute atomic E-state index is 13.1. The van der Waals surface area contributed by atoms with Gasteiger partial charge in [-0.05, 0) is 50.5 Å². The summed E-state index contributed by atoms with van der Waals surface area (Å²) in [4.78, 5) is 31.3. The zero-order valence-corrected chi connectivity index (χ0v) is 21.7. The fourth-order valence-corrected chi connectivity index (χ4v) is 5.32. The number of aromatic nitrogens is 2. The Hall–Kier alpha value is -2.72. The minimum Gasteiger partial charge on any atom is -0.390 e. The van der Waals surface area contributed by atoms with Gasteiger partial charge in [0.25, 0.3) is 11.8 Å². The molecule has 1 aliphatic rings. The van der Waals surface area contributed by atoms with Crippen molar-refractivity contribution >= 4 is 76.6 Å². The fourth-order valence-electron chi connectivity index (χ4n) is 4.59. The molecule has 3 N–H and O–H groups in total. The highest BCUT2D eigenvalue weighted by Crippen LogP contribution is 2.39. The molecular formula is C25H22Br2N4O3. The van der Waals surface area contributed by atoms with Crippen molar-refractivity contribution in [3.05, 3.63) is 68.9 Å². The van der Waals surface area contributed by atoms with Crippen LogP contribution in [0.4, 0.5) is 0 Å². The van der Waals surface area contributed by atoms with E-state index in [4.69, 9.17) is 0 Å². The van der Waals surface area contributed by atoms with Gasteiger partial charge in [-0.2, -0.15) is 0 Å². The summed E-state index contributed by atoms with van der Waals surface area (Å²) in [5.74, 6) is -0.860. The molecule has 0 fully saturated rings. The number of aliphatic hydroxyl groups excluding tert-OH is 1. The standard InChI is InChI=1S/C25H22Br2N4O3/c1-30(2)10-15(32)11-31-12-19(17-8-14(27)4-6-21(17)31)23-22(24(33)29-25(23)34)18-9-28-20-5-3-13(26)7-16(18)20/h3-9,12,15,28,32H,10-11H2,1-2H3,(H,29,33,34). The normalized spacial score (nSPS) is 15.2. The van der Waals surface area contributed by atoms with Crippen molar-refractivity contribution in [1.29, 1.82) is 0 Å². The number of carbonyl (C=O) groups excluding carboxylic acids is 2. The number of likely N-dealkylation sites (N-methyl/N-ethyl adjacent to an activating group) is 1. The third-order valence-corrected chi connectivity index (χ3v) is 6.93. The Labute approximate surface area is 212 Å². The molecule has 174 valence electrons. The van der Waals surface area contributed by atoms with Crippen molar-refractivity contribution in [3.63, 3.8) is 0 Å². The van der Waals surface area contributed by atoms with E-state index in [9.17, 15) is 14.7 Å². The molecule has 0 aliphatic carbocycles. The predicted molar refractivity (Wildman–Crippen MR) is 140 cm³/mol. The number of hydrogen-bond acceptors (Lipinski definition) is 4. The van der Waals surface area contributed by atoms with E-state index >= 15 is 0 Å². The molecule has 1 unspecified atom stereocenters. The highest BCUT2D eigenvalue weighted by Gasteiger charge is 2.35. The second kappa shape index (κ2) is 8.81. The highest BCUT2D eigenvalue weighted by molar-refractivity contribution is 9.10. The molecule has 2 aromatic heterocycles. The Bertz CT molecular complexity index is 1500. The van der Waals surface area contributed by atoms with Crippen LogP contribution in [0, 0.1) is 0 Å². The van der Waals surface area contributed by atoms with Crippen LogP contribution in [-0.4, -0.2) is 58.1 Å². The number of nitrogens with one attached hydrogen (secondary N) is 2. The van der Waals surface area contributed by atoms with E-state index < -0.39 is 17.9 Å². The molecule has 0 spiro atoms. The monoisotopic (exact) mass is 584 g/mol. The summed E-state index contributed by atoms with van der Waals surface area (Å²) in [7, 11) is 3.81. The van der Waals surface area contributed by atoms with Gasteiger partial charge in [0.15, 0.2) is 0 Å². The molecule has 9 heteroatoms. The fraction of sp³-hybridized carbons (Fsp3) is 0.200. The second-order valence-electron chi connectivity index (χ2n) is 8.70. The number of amides is 2. The summed E-state index contributed by atoms with van der Waals surface area (Å²) in [6.45, 7) is 0.858. The van der Waals surface area contributed by atoms with Crippen molar-refractivity contribution in [2.75, 3.05) is 20.6 Å². The number of rotatable bonds is 6. The first-order valence-corrected chi connectivity index (χ1v) is 12.3. The molecule has 0 bridgehead atoms. The van der Waals surface area contributed by atoms with Crippen LogP contribution in [0.2, 0.25) is 0 Å². The lowest BCUT2D eigenvalue weighted by Gasteiger charge is -2.17. The van der Waals surface area contributed by atoms with Gasteiger partial charge in [0.1, 0.15) is 0 Å². The van der Waals surface area contributed by atoms with Gasteiger partial charge >= 0.3 is 0 Å². The average Bonchev–Trinajstić information content (AvgIpc) is 3.40. The maximum atomic E-state index is 13.1. The van der Waals surface area contributed by atoms with Gasteiger partial charge in [0.05, 0.1) is 17.3 Å². The summed E-state index contributed by atoms with van der Waals surface area (Å²) in [5, 5.41) is 14.7. The molecule has 2 amide bonds. The first kappa shape index (κ1) is 23.0. The van der Waals surface area contributed by atoms with E-state index in [-0.39, 0.29) is 0 Å². The van der Waals surface area contributed by atoms with E-state index in [1.165, 1.54) is 0 Å². The summed E-state index contributed by atoms with van der Waals surface area (Å²) >= 11 is 7.03. The van der Waals surface area contributed by atoms with Crippen molar-refractivity contribution < 1.29 is 14.7 Å². The number of H-pyrrole nitrogens is 1. The zero-order valence-electron chi connectivity index (χ0n) is 18.5. The summed E-state index contributed by atoms with van der Waals surface area (Å²) in [5.41, 5.74) is 3.72. The van der Waals surface area contributed by atoms with Crippen molar-refractivity contribution in [2.24, 2.45) is 0 Å². The minimum absolute atomic E-state index is 0.329. The quantitative estimate of drug-likeness (QED) is 0.297. The Kier molecular flexibility index (Phi) is 5.97. The van der Waals surface area contributed by atoms with Gasteiger partial charge in [-0.1, -0.05) is 31.9 Å². The van der Waals surface area contributed by atoms with Crippen LogP contribution in [-0.2, 0) is 16.1 Å². The Morgan fingerprint density at radius 2 is 1.62 bits per heavy atom. The number of carbonyl (C=O) groups is 2. The first-order chi connectivity index (χ1) is 16.2. The smallest absolute Gasteiger partial charge is 0.259 e. The molecule has 4 aromatic rings. The Morgan fingerprint density at radius 3 is 2.32 bits per heavy atom. The highest BCUT2D eigenvalue weighted by atomic mass is 79.9. The molecule has 1 atom stereocenters. The lowest BCUT2D eigenvalue weighted by atomic mass is 9.95. The molecule has 34 heavy (non-hydrogen) atoms. The number of aliphatic hydroxyl groups is 1. The van der Waals surface area contributed by atoms with Crippen LogP contribution in [0.5, 0.6) is 0 Å². The minimum atomic E-state index is -0.597. The first-order valence-electron chi connectivity index (χ1n) is 10.7. The number of fused-ring (bicyclic) bond motifs is 2. The number of aromatic amines is 1. The number of nitrogens with zero attached hydrogens (tertiary/aromatic N) is 2. The second-order valence-corrected chi connectivity index (χ2v) is 10.5. The topological polar surface area (TPSA) is 90.4 Å². The van der Waals surface area contributed by atoms with Crippen molar-refractivity contribution in [3.8, 4) is 0 Å². The lowest BCUT2D eigenvalue weighted by molar-refractivity contribution is -0.122. The largest absolute Gasteiger partial charge is 0.390 e. The molecule has 7 nitrogen and oxygen atoms in total. The number of benzene rings is 2. The van der Waals surface area contributed by atoms with E-state index in [1.807, 2.05) is 66.2 Å². The molecular weight excluding hydrogens is 564 g/mol. The number of hydrogen-bond donors (Lipinski definition) is 3. The van der Waals surface area contributed by atoms with Gasteiger partial charge in [0, 0.05) is 67.4 Å². The van der Waals surface area contributed by atoms with Crippen LogP contribution in [0.25, 0.3) is 33.0 Å². The van der Waals surface area contributed by atoms with Gasteiger partial charge < -0.3 is 19.6 Å². The van der Waals surface area contributed by atoms with Crippen molar-refractivity contribution in [1.82, 2.24) is 19.8 Å². The summed E-state index contributed by atoms with van der Waals surface area (Å²) in [6, 6.07) is 11.6. The van der Waals surface area contributed by atoms with Crippen LogP contribution in [0.3, 0.4) is 0 Å².